The summed E-state index contributed by atoms with van der Waals surface area (Å²) < 4.78 is 32.8. The molecule has 176 valence electrons. The van der Waals surface area contributed by atoms with Gasteiger partial charge < -0.3 is 10.1 Å². The number of benzene rings is 3. The molecule has 0 radical (unpaired) electrons. The van der Waals surface area contributed by atoms with Crippen LogP contribution in [0.1, 0.15) is 12.5 Å². The maximum Gasteiger partial charge on any atom is 0.264 e. The van der Waals surface area contributed by atoms with Crippen molar-refractivity contribution in [3.8, 4) is 5.75 Å². The molecule has 0 aromatic heterocycles. The van der Waals surface area contributed by atoms with Crippen LogP contribution in [-0.2, 0) is 14.8 Å². The Morgan fingerprint density at radius 2 is 1.65 bits per heavy atom. The van der Waals surface area contributed by atoms with Crippen LogP contribution in [0.15, 0.2) is 89.8 Å². The molecule has 2 N–H and O–H groups in total. The van der Waals surface area contributed by atoms with Gasteiger partial charge in [-0.2, -0.15) is 0 Å². The van der Waals surface area contributed by atoms with Crippen molar-refractivity contribution in [2.75, 3.05) is 23.3 Å². The van der Waals surface area contributed by atoms with E-state index in [-0.39, 0.29) is 10.0 Å². The first-order valence-electron chi connectivity index (χ1n) is 10.5. The minimum atomic E-state index is -3.72. The maximum absolute atomic E-state index is 13.1. The highest BCUT2D eigenvalue weighted by Gasteiger charge is 2.23. The van der Waals surface area contributed by atoms with E-state index in [0.29, 0.717) is 23.7 Å². The summed E-state index contributed by atoms with van der Waals surface area (Å²) in [7, 11) is -2.17. The fourth-order valence-electron chi connectivity index (χ4n) is 3.21. The van der Waals surface area contributed by atoms with E-state index in [1.165, 1.54) is 22.5 Å². The lowest BCUT2D eigenvalue weighted by Gasteiger charge is -2.23. The van der Waals surface area contributed by atoms with E-state index in [4.69, 9.17) is 17.0 Å². The number of rotatable bonds is 8. The third-order valence-corrected chi connectivity index (χ3v) is 6.94. The number of amides is 1. The molecule has 0 saturated carbocycles. The monoisotopic (exact) mass is 495 g/mol. The molecule has 0 aliphatic rings. The molecule has 0 heterocycles. The number of hydrogen-bond acceptors (Lipinski definition) is 5. The second kappa shape index (κ2) is 11.4. The van der Waals surface area contributed by atoms with Gasteiger partial charge in [-0.05, 0) is 67.7 Å². The maximum atomic E-state index is 13.1. The summed E-state index contributed by atoms with van der Waals surface area (Å²) in [6.07, 6.45) is 2.98. The van der Waals surface area contributed by atoms with Gasteiger partial charge in [0, 0.05) is 23.9 Å². The summed E-state index contributed by atoms with van der Waals surface area (Å²) in [6.45, 7) is 2.08. The number of hydrogen-bond donors (Lipinski definition) is 2. The van der Waals surface area contributed by atoms with Crippen molar-refractivity contribution >= 4 is 50.7 Å². The SMILES string of the molecule is CCN(c1ccccc1)S(=O)(=O)c1ccc(NC(=S)NC(=O)C=Cc2ccccc2OC)cc1. The lowest BCUT2D eigenvalue weighted by Crippen LogP contribution is -2.33. The highest BCUT2D eigenvalue weighted by Crippen LogP contribution is 2.24. The van der Waals surface area contributed by atoms with E-state index in [0.717, 1.165) is 5.56 Å². The number of nitrogens with zero attached hydrogens (tertiary/aromatic N) is 1. The van der Waals surface area contributed by atoms with Crippen molar-refractivity contribution in [2.24, 2.45) is 0 Å². The second-order valence-corrected chi connectivity index (χ2v) is 9.32. The largest absolute Gasteiger partial charge is 0.496 e. The predicted molar refractivity (Wildman–Crippen MR) is 139 cm³/mol. The molecule has 0 bridgehead atoms. The van der Waals surface area contributed by atoms with E-state index in [2.05, 4.69) is 10.6 Å². The van der Waals surface area contributed by atoms with Crippen LogP contribution >= 0.6 is 12.2 Å². The number of ether oxygens (including phenoxy) is 1. The van der Waals surface area contributed by atoms with Crippen LogP contribution in [-0.4, -0.2) is 33.1 Å². The average molecular weight is 496 g/mol. The van der Waals surface area contributed by atoms with Gasteiger partial charge in [-0.15, -0.1) is 0 Å². The van der Waals surface area contributed by atoms with Gasteiger partial charge in [-0.1, -0.05) is 36.4 Å². The third-order valence-electron chi connectivity index (χ3n) is 4.82. The molecule has 0 aliphatic heterocycles. The first-order valence-corrected chi connectivity index (χ1v) is 12.3. The Bertz CT molecular complexity index is 1280. The topological polar surface area (TPSA) is 87.7 Å². The molecule has 3 aromatic carbocycles. The molecule has 9 heteroatoms. The Hall–Kier alpha value is -3.69. The standard InChI is InChI=1S/C25H25N3O4S2/c1-3-28(21-10-5-4-6-11-21)34(30,31)22-16-14-20(15-17-22)26-25(33)27-24(29)18-13-19-9-7-8-12-23(19)32-2/h4-18H,3H2,1-2H3,(H2,26,27,29,33). The minimum Gasteiger partial charge on any atom is -0.496 e. The quantitative estimate of drug-likeness (QED) is 0.355. The van der Waals surface area contributed by atoms with Gasteiger partial charge in [0.1, 0.15) is 5.75 Å². The number of nitrogens with one attached hydrogen (secondary N) is 2. The molecule has 0 unspecified atom stereocenters. The van der Waals surface area contributed by atoms with Crippen molar-refractivity contribution in [2.45, 2.75) is 11.8 Å². The Kier molecular flexibility index (Phi) is 8.39. The van der Waals surface area contributed by atoms with E-state index in [1.54, 1.807) is 62.6 Å². The second-order valence-electron chi connectivity index (χ2n) is 7.05. The number of thiocarbonyl (C=S) groups is 1. The van der Waals surface area contributed by atoms with Crippen molar-refractivity contribution < 1.29 is 17.9 Å². The molecular formula is C25H25N3O4S2. The minimum absolute atomic E-state index is 0.0877. The summed E-state index contributed by atoms with van der Waals surface area (Å²) in [5.41, 5.74) is 1.89. The third kappa shape index (κ3) is 6.21. The molecule has 34 heavy (non-hydrogen) atoms. The van der Waals surface area contributed by atoms with Gasteiger partial charge in [0.2, 0.25) is 5.91 Å². The number of carbonyl (C=O) groups excluding carboxylic acids is 1. The molecule has 1 amide bonds. The molecule has 0 saturated heterocycles. The predicted octanol–water partition coefficient (Wildman–Crippen LogP) is 4.44. The van der Waals surface area contributed by atoms with E-state index in [1.807, 2.05) is 24.3 Å². The van der Waals surface area contributed by atoms with Gasteiger partial charge in [0.15, 0.2) is 5.11 Å². The van der Waals surface area contributed by atoms with Gasteiger partial charge >= 0.3 is 0 Å². The number of para-hydroxylation sites is 2. The highest BCUT2D eigenvalue weighted by molar-refractivity contribution is 7.92. The molecule has 0 spiro atoms. The first kappa shape index (κ1) is 24.9. The van der Waals surface area contributed by atoms with Gasteiger partial charge in [-0.25, -0.2) is 8.42 Å². The fourth-order valence-corrected chi connectivity index (χ4v) is 4.90. The number of sulfonamides is 1. The summed E-state index contributed by atoms with van der Waals surface area (Å²) >= 11 is 5.19. The molecule has 0 fully saturated rings. The van der Waals surface area contributed by atoms with E-state index in [9.17, 15) is 13.2 Å². The van der Waals surface area contributed by atoms with Crippen molar-refractivity contribution in [1.82, 2.24) is 5.32 Å². The molecule has 3 rings (SSSR count). The van der Waals surface area contributed by atoms with Crippen LogP contribution in [0.3, 0.4) is 0 Å². The lowest BCUT2D eigenvalue weighted by molar-refractivity contribution is -0.115. The van der Waals surface area contributed by atoms with Crippen molar-refractivity contribution in [3.05, 3.63) is 90.5 Å². The van der Waals surface area contributed by atoms with Gasteiger partial charge in [0.25, 0.3) is 10.0 Å². The van der Waals surface area contributed by atoms with Gasteiger partial charge in [0.05, 0.1) is 17.7 Å². The zero-order valence-corrected chi connectivity index (χ0v) is 20.4. The number of carbonyl (C=O) groups is 1. The van der Waals surface area contributed by atoms with Crippen molar-refractivity contribution in [1.29, 1.82) is 0 Å². The van der Waals surface area contributed by atoms with E-state index < -0.39 is 15.9 Å². The molecule has 0 atom stereocenters. The van der Waals surface area contributed by atoms with Crippen molar-refractivity contribution in [3.63, 3.8) is 0 Å². The Balaban J connectivity index is 1.63. The molecule has 0 aliphatic carbocycles. The van der Waals surface area contributed by atoms with E-state index >= 15 is 0 Å². The zero-order chi connectivity index (χ0) is 24.6. The number of methoxy groups -OCH3 is 1. The number of anilines is 2. The summed E-state index contributed by atoms with van der Waals surface area (Å²) in [4.78, 5) is 12.3. The zero-order valence-electron chi connectivity index (χ0n) is 18.8. The van der Waals surface area contributed by atoms with Crippen LogP contribution in [0.25, 0.3) is 6.08 Å². The normalized spacial score (nSPS) is 11.1. The summed E-state index contributed by atoms with van der Waals surface area (Å²) in [5, 5.41) is 5.52. The molecular weight excluding hydrogens is 470 g/mol. The summed E-state index contributed by atoms with van der Waals surface area (Å²) in [5.74, 6) is 0.236. The van der Waals surface area contributed by atoms with Crippen LogP contribution in [0.5, 0.6) is 5.75 Å². The highest BCUT2D eigenvalue weighted by atomic mass is 32.2. The summed E-state index contributed by atoms with van der Waals surface area (Å²) in [6, 6.07) is 22.4. The smallest absolute Gasteiger partial charge is 0.264 e. The Morgan fingerprint density at radius 3 is 2.29 bits per heavy atom. The van der Waals surface area contributed by atoms with Crippen LogP contribution in [0.2, 0.25) is 0 Å². The van der Waals surface area contributed by atoms with Gasteiger partial charge in [-0.3, -0.25) is 14.4 Å². The Labute approximate surface area is 205 Å². The lowest BCUT2D eigenvalue weighted by atomic mass is 10.2. The molecule has 3 aromatic rings. The average Bonchev–Trinajstić information content (AvgIpc) is 2.84. The first-order chi connectivity index (χ1) is 16.3. The fraction of sp³-hybridized carbons (Fsp3) is 0.120. The molecule has 7 nitrogen and oxygen atoms in total. The Morgan fingerprint density at radius 1 is 1.00 bits per heavy atom. The van der Waals surface area contributed by atoms with Crippen LogP contribution in [0.4, 0.5) is 11.4 Å². The van der Waals surface area contributed by atoms with Crippen LogP contribution < -0.4 is 19.7 Å². The van der Waals surface area contributed by atoms with Crippen LogP contribution in [0, 0.1) is 0 Å².